The van der Waals surface area contributed by atoms with Crippen molar-refractivity contribution in [2.24, 2.45) is 0 Å². The van der Waals surface area contributed by atoms with Crippen LogP contribution in [0.4, 0.5) is 0 Å². The van der Waals surface area contributed by atoms with E-state index in [-0.39, 0.29) is 11.9 Å². The topological polar surface area (TPSA) is 47.6 Å². The van der Waals surface area contributed by atoms with E-state index in [1.54, 1.807) is 25.3 Å². The monoisotopic (exact) mass is 313 g/mol. The van der Waals surface area contributed by atoms with Gasteiger partial charge in [-0.05, 0) is 44.0 Å². The predicted octanol–water partition coefficient (Wildman–Crippen LogP) is 3.81. The van der Waals surface area contributed by atoms with Crippen molar-refractivity contribution in [3.05, 3.63) is 58.7 Å². The number of nitrogens with one attached hydrogen (secondary N) is 1. The van der Waals surface area contributed by atoms with E-state index in [9.17, 15) is 4.79 Å². The van der Waals surface area contributed by atoms with Gasteiger partial charge in [-0.15, -0.1) is 0 Å². The Morgan fingerprint density at radius 1 is 1.09 bits per heavy atom. The molecule has 0 fully saturated rings. The zero-order valence-corrected chi connectivity index (χ0v) is 14.3. The summed E-state index contributed by atoms with van der Waals surface area (Å²) in [6.07, 6.45) is 0. The van der Waals surface area contributed by atoms with Crippen molar-refractivity contribution in [1.29, 1.82) is 0 Å². The van der Waals surface area contributed by atoms with E-state index < -0.39 is 0 Å². The molecule has 2 aromatic rings. The van der Waals surface area contributed by atoms with Crippen molar-refractivity contribution in [3.63, 3.8) is 0 Å². The van der Waals surface area contributed by atoms with E-state index in [1.807, 2.05) is 6.92 Å². The first kappa shape index (κ1) is 16.9. The molecule has 23 heavy (non-hydrogen) atoms. The molecule has 0 spiro atoms. The highest BCUT2D eigenvalue weighted by Gasteiger charge is 2.19. The first-order valence-corrected chi connectivity index (χ1v) is 7.57. The summed E-state index contributed by atoms with van der Waals surface area (Å²) in [5.74, 6) is 0.799. The van der Waals surface area contributed by atoms with Crippen LogP contribution in [0.1, 0.15) is 40.0 Å². The number of hydrogen-bond donors (Lipinski definition) is 1. The molecule has 0 aliphatic heterocycles. The molecule has 0 saturated carbocycles. The third-order valence-electron chi connectivity index (χ3n) is 3.89. The van der Waals surface area contributed by atoms with Gasteiger partial charge in [0.2, 0.25) is 0 Å². The van der Waals surface area contributed by atoms with E-state index in [2.05, 4.69) is 37.4 Å². The fourth-order valence-corrected chi connectivity index (χ4v) is 2.73. The van der Waals surface area contributed by atoms with Crippen LogP contribution in [-0.2, 0) is 0 Å². The highest BCUT2D eigenvalue weighted by Crippen LogP contribution is 2.31. The normalized spacial score (nSPS) is 11.7. The zero-order chi connectivity index (χ0) is 17.0. The Kier molecular flexibility index (Phi) is 5.27. The molecule has 0 aliphatic rings. The number of carbonyl (C=O) groups excluding carboxylic acids is 1. The standard InChI is InChI=1S/C19H23NO3/c1-12-9-10-15(13(2)11-12)14(3)20-19(21)16-7-6-8-17(22-4)18(16)23-5/h6-11,14H,1-5H3,(H,20,21)/t14-/m1/s1. The summed E-state index contributed by atoms with van der Waals surface area (Å²) >= 11 is 0. The molecular formula is C19H23NO3. The lowest BCUT2D eigenvalue weighted by Gasteiger charge is -2.18. The molecule has 2 aromatic carbocycles. The summed E-state index contributed by atoms with van der Waals surface area (Å²) in [6.45, 7) is 6.08. The number of rotatable bonds is 5. The summed E-state index contributed by atoms with van der Waals surface area (Å²) in [5.41, 5.74) is 3.93. The van der Waals surface area contributed by atoms with Gasteiger partial charge in [0.1, 0.15) is 0 Å². The number of carbonyl (C=O) groups is 1. The Labute approximate surface area is 137 Å². The molecule has 4 nitrogen and oxygen atoms in total. The Bertz CT molecular complexity index is 710. The van der Waals surface area contributed by atoms with Crippen LogP contribution in [0.25, 0.3) is 0 Å². The van der Waals surface area contributed by atoms with Gasteiger partial charge in [0.25, 0.3) is 5.91 Å². The number of aryl methyl sites for hydroxylation is 2. The molecule has 0 heterocycles. The van der Waals surface area contributed by atoms with Crippen LogP contribution < -0.4 is 14.8 Å². The average Bonchev–Trinajstić information content (AvgIpc) is 2.53. The summed E-state index contributed by atoms with van der Waals surface area (Å²) in [5, 5.41) is 3.02. The summed E-state index contributed by atoms with van der Waals surface area (Å²) in [4.78, 5) is 12.6. The van der Waals surface area contributed by atoms with Crippen molar-refractivity contribution in [2.45, 2.75) is 26.8 Å². The van der Waals surface area contributed by atoms with Gasteiger partial charge in [0.15, 0.2) is 11.5 Å². The molecule has 0 bridgehead atoms. The fourth-order valence-electron chi connectivity index (χ4n) is 2.73. The maximum atomic E-state index is 12.6. The fraction of sp³-hybridized carbons (Fsp3) is 0.316. The first-order valence-electron chi connectivity index (χ1n) is 7.57. The number of hydrogen-bond acceptors (Lipinski definition) is 3. The van der Waals surface area contributed by atoms with Gasteiger partial charge >= 0.3 is 0 Å². The lowest BCUT2D eigenvalue weighted by atomic mass is 10.00. The minimum Gasteiger partial charge on any atom is -0.493 e. The van der Waals surface area contributed by atoms with Gasteiger partial charge in [0, 0.05) is 0 Å². The molecule has 0 saturated heterocycles. The Morgan fingerprint density at radius 2 is 1.83 bits per heavy atom. The van der Waals surface area contributed by atoms with Crippen molar-refractivity contribution in [3.8, 4) is 11.5 Å². The molecule has 0 aromatic heterocycles. The summed E-state index contributed by atoms with van der Waals surface area (Å²) < 4.78 is 10.6. The zero-order valence-electron chi connectivity index (χ0n) is 14.3. The second-order valence-corrected chi connectivity index (χ2v) is 5.60. The smallest absolute Gasteiger partial charge is 0.255 e. The minimum absolute atomic E-state index is 0.0981. The van der Waals surface area contributed by atoms with E-state index in [0.29, 0.717) is 17.1 Å². The summed E-state index contributed by atoms with van der Waals surface area (Å²) in [7, 11) is 3.08. The molecule has 1 N–H and O–H groups in total. The van der Waals surface area contributed by atoms with Crippen molar-refractivity contribution < 1.29 is 14.3 Å². The van der Waals surface area contributed by atoms with E-state index in [0.717, 1.165) is 11.1 Å². The summed E-state index contributed by atoms with van der Waals surface area (Å²) in [6, 6.07) is 11.4. The van der Waals surface area contributed by atoms with Crippen molar-refractivity contribution in [1.82, 2.24) is 5.32 Å². The molecule has 122 valence electrons. The van der Waals surface area contributed by atoms with Gasteiger partial charge < -0.3 is 14.8 Å². The van der Waals surface area contributed by atoms with Crippen molar-refractivity contribution in [2.75, 3.05) is 14.2 Å². The van der Waals surface area contributed by atoms with Gasteiger partial charge in [-0.1, -0.05) is 29.8 Å². The van der Waals surface area contributed by atoms with Crippen LogP contribution in [0, 0.1) is 13.8 Å². The van der Waals surface area contributed by atoms with E-state index >= 15 is 0 Å². The second-order valence-electron chi connectivity index (χ2n) is 5.60. The van der Waals surface area contributed by atoms with Gasteiger partial charge in [0.05, 0.1) is 25.8 Å². The largest absolute Gasteiger partial charge is 0.493 e. The van der Waals surface area contributed by atoms with Crippen LogP contribution in [-0.4, -0.2) is 20.1 Å². The van der Waals surface area contributed by atoms with Gasteiger partial charge in [-0.3, -0.25) is 4.79 Å². The molecule has 0 aliphatic carbocycles. The molecule has 0 radical (unpaired) electrons. The lowest BCUT2D eigenvalue weighted by Crippen LogP contribution is -2.27. The van der Waals surface area contributed by atoms with Crippen LogP contribution in [0.15, 0.2) is 36.4 Å². The Morgan fingerprint density at radius 3 is 2.43 bits per heavy atom. The first-order chi connectivity index (χ1) is 11.0. The predicted molar refractivity (Wildman–Crippen MR) is 91.3 cm³/mol. The van der Waals surface area contributed by atoms with Crippen LogP contribution in [0.5, 0.6) is 11.5 Å². The third kappa shape index (κ3) is 3.65. The molecule has 0 unspecified atom stereocenters. The van der Waals surface area contributed by atoms with Crippen LogP contribution >= 0.6 is 0 Å². The maximum Gasteiger partial charge on any atom is 0.255 e. The number of benzene rings is 2. The van der Waals surface area contributed by atoms with Crippen molar-refractivity contribution >= 4 is 5.91 Å². The molecule has 1 atom stereocenters. The molecule has 2 rings (SSSR count). The van der Waals surface area contributed by atoms with Gasteiger partial charge in [-0.25, -0.2) is 0 Å². The minimum atomic E-state index is -0.187. The second kappa shape index (κ2) is 7.18. The molecule has 4 heteroatoms. The number of ether oxygens (including phenoxy) is 2. The highest BCUT2D eigenvalue weighted by molar-refractivity contribution is 5.98. The number of para-hydroxylation sites is 1. The lowest BCUT2D eigenvalue weighted by molar-refractivity contribution is 0.0936. The van der Waals surface area contributed by atoms with Crippen LogP contribution in [0.2, 0.25) is 0 Å². The Balaban J connectivity index is 2.25. The number of methoxy groups -OCH3 is 2. The molecular weight excluding hydrogens is 290 g/mol. The van der Waals surface area contributed by atoms with Crippen LogP contribution in [0.3, 0.4) is 0 Å². The number of amides is 1. The maximum absolute atomic E-state index is 12.6. The van der Waals surface area contributed by atoms with E-state index in [4.69, 9.17) is 9.47 Å². The average molecular weight is 313 g/mol. The quantitative estimate of drug-likeness (QED) is 0.913. The highest BCUT2D eigenvalue weighted by atomic mass is 16.5. The Hall–Kier alpha value is -2.49. The SMILES string of the molecule is COc1cccc(C(=O)N[C@H](C)c2ccc(C)cc2C)c1OC. The molecule has 1 amide bonds. The third-order valence-corrected chi connectivity index (χ3v) is 3.89. The van der Waals surface area contributed by atoms with Gasteiger partial charge in [-0.2, -0.15) is 0 Å². The van der Waals surface area contributed by atoms with E-state index in [1.165, 1.54) is 12.7 Å².